The van der Waals surface area contributed by atoms with Crippen LogP contribution in [0.25, 0.3) is 22.4 Å². The SMILES string of the molecule is Cc1cc(-c2cc(C(=O)OCC(=O)c3ccc4c(c3)OCO4)c3c(C)noc3n2)c(C)s1. The fraction of sp³-hybridized carbons (Fsp3) is 0.217. The number of aryl methyl sites for hydroxylation is 3. The molecule has 5 rings (SSSR count). The van der Waals surface area contributed by atoms with E-state index in [1.165, 1.54) is 0 Å². The Morgan fingerprint density at radius 1 is 1.09 bits per heavy atom. The minimum Gasteiger partial charge on any atom is -0.454 e. The molecule has 0 unspecified atom stereocenters. The van der Waals surface area contributed by atoms with Crippen LogP contribution in [0, 0.1) is 20.8 Å². The molecule has 4 aromatic rings. The number of esters is 1. The molecule has 0 N–H and O–H groups in total. The number of carbonyl (C=O) groups excluding carboxylic acids is 2. The van der Waals surface area contributed by atoms with Crippen molar-refractivity contribution in [2.75, 3.05) is 13.4 Å². The third kappa shape index (κ3) is 3.50. The van der Waals surface area contributed by atoms with Crippen molar-refractivity contribution >= 4 is 34.2 Å². The first-order valence-electron chi connectivity index (χ1n) is 9.85. The molecular weight excluding hydrogens is 432 g/mol. The molecule has 0 aliphatic carbocycles. The van der Waals surface area contributed by atoms with Gasteiger partial charge in [0.05, 0.1) is 22.3 Å². The third-order valence-corrected chi connectivity index (χ3v) is 6.15. The predicted molar refractivity (Wildman–Crippen MR) is 117 cm³/mol. The van der Waals surface area contributed by atoms with Gasteiger partial charge < -0.3 is 18.7 Å². The van der Waals surface area contributed by atoms with E-state index >= 15 is 0 Å². The van der Waals surface area contributed by atoms with Gasteiger partial charge in [0.1, 0.15) is 0 Å². The average molecular weight is 450 g/mol. The van der Waals surface area contributed by atoms with Crippen molar-refractivity contribution in [2.24, 2.45) is 0 Å². The van der Waals surface area contributed by atoms with E-state index in [0.29, 0.717) is 33.8 Å². The predicted octanol–water partition coefficient (Wildman–Crippen LogP) is 4.64. The molecule has 9 heteroatoms. The normalized spacial score (nSPS) is 12.3. The van der Waals surface area contributed by atoms with Gasteiger partial charge in [0.25, 0.3) is 5.71 Å². The molecule has 1 aromatic carbocycles. The Hall–Kier alpha value is -3.72. The number of rotatable bonds is 5. The number of thiophene rings is 1. The Balaban J connectivity index is 1.43. The third-order valence-electron chi connectivity index (χ3n) is 5.18. The van der Waals surface area contributed by atoms with E-state index in [9.17, 15) is 9.59 Å². The standard InChI is InChI=1S/C23H18N2O6S/c1-11-6-15(13(3)32-11)17-8-16(21-12(2)25-31-22(21)24-17)23(27)28-9-18(26)14-4-5-19-20(7-14)30-10-29-19/h4-8H,9-10H2,1-3H3. The van der Waals surface area contributed by atoms with Crippen LogP contribution in [-0.4, -0.2) is 35.3 Å². The van der Waals surface area contributed by atoms with Crippen LogP contribution < -0.4 is 9.47 Å². The van der Waals surface area contributed by atoms with Gasteiger partial charge in [-0.15, -0.1) is 11.3 Å². The molecular formula is C23H18N2O6S. The number of ketones is 1. The van der Waals surface area contributed by atoms with Crippen LogP contribution in [0.3, 0.4) is 0 Å². The second-order valence-corrected chi connectivity index (χ2v) is 8.86. The Bertz CT molecular complexity index is 1390. The van der Waals surface area contributed by atoms with E-state index in [0.717, 1.165) is 15.3 Å². The smallest absolute Gasteiger partial charge is 0.339 e. The van der Waals surface area contributed by atoms with Crippen LogP contribution in [0.2, 0.25) is 0 Å². The minimum atomic E-state index is -0.649. The van der Waals surface area contributed by atoms with Crippen LogP contribution in [0.4, 0.5) is 0 Å². The molecule has 3 aromatic heterocycles. The summed E-state index contributed by atoms with van der Waals surface area (Å²) < 4.78 is 21.2. The number of benzene rings is 1. The first kappa shape index (κ1) is 20.2. The maximum absolute atomic E-state index is 13.0. The molecule has 0 fully saturated rings. The Morgan fingerprint density at radius 2 is 1.91 bits per heavy atom. The van der Waals surface area contributed by atoms with Crippen molar-refractivity contribution < 1.29 is 28.3 Å². The van der Waals surface area contributed by atoms with E-state index in [4.69, 9.17) is 18.7 Å². The molecule has 0 radical (unpaired) electrons. The molecule has 1 aliphatic rings. The van der Waals surface area contributed by atoms with Crippen LogP contribution in [0.15, 0.2) is 34.9 Å². The van der Waals surface area contributed by atoms with Gasteiger partial charge in [-0.1, -0.05) is 5.16 Å². The van der Waals surface area contributed by atoms with E-state index in [2.05, 4.69) is 10.1 Å². The zero-order valence-corrected chi connectivity index (χ0v) is 18.4. The van der Waals surface area contributed by atoms with E-state index in [-0.39, 0.29) is 23.9 Å². The molecule has 0 spiro atoms. The molecule has 1 aliphatic heterocycles. The highest BCUT2D eigenvalue weighted by Gasteiger charge is 2.23. The lowest BCUT2D eigenvalue weighted by Gasteiger charge is -2.08. The van der Waals surface area contributed by atoms with Crippen molar-refractivity contribution in [1.82, 2.24) is 10.1 Å². The molecule has 0 bridgehead atoms. The first-order valence-corrected chi connectivity index (χ1v) is 10.7. The Labute approximate surface area is 186 Å². The molecule has 0 saturated heterocycles. The van der Waals surface area contributed by atoms with Crippen molar-refractivity contribution in [3.63, 3.8) is 0 Å². The molecule has 0 saturated carbocycles. The number of ether oxygens (including phenoxy) is 3. The van der Waals surface area contributed by atoms with Crippen molar-refractivity contribution in [3.8, 4) is 22.8 Å². The number of hydrogen-bond donors (Lipinski definition) is 0. The second-order valence-electron chi connectivity index (χ2n) is 7.40. The van der Waals surface area contributed by atoms with Gasteiger partial charge in [0.15, 0.2) is 23.9 Å². The van der Waals surface area contributed by atoms with Crippen LogP contribution in [-0.2, 0) is 4.74 Å². The second kappa shape index (κ2) is 7.76. The molecule has 162 valence electrons. The average Bonchev–Trinajstić information content (AvgIpc) is 3.49. The van der Waals surface area contributed by atoms with Gasteiger partial charge in [-0.2, -0.15) is 0 Å². The fourth-order valence-electron chi connectivity index (χ4n) is 3.64. The summed E-state index contributed by atoms with van der Waals surface area (Å²) in [6.45, 7) is 5.42. The number of carbonyl (C=O) groups is 2. The van der Waals surface area contributed by atoms with Crippen molar-refractivity contribution in [1.29, 1.82) is 0 Å². The van der Waals surface area contributed by atoms with Gasteiger partial charge in [-0.25, -0.2) is 9.78 Å². The van der Waals surface area contributed by atoms with Crippen LogP contribution >= 0.6 is 11.3 Å². The minimum absolute atomic E-state index is 0.115. The van der Waals surface area contributed by atoms with Gasteiger partial charge in [0, 0.05) is 20.9 Å². The van der Waals surface area contributed by atoms with E-state index < -0.39 is 12.6 Å². The topological polar surface area (TPSA) is 101 Å². The number of nitrogens with zero attached hydrogens (tertiary/aromatic N) is 2. The summed E-state index contributed by atoms with van der Waals surface area (Å²) in [6.07, 6.45) is 0. The summed E-state index contributed by atoms with van der Waals surface area (Å²) in [6, 6.07) is 8.51. The summed E-state index contributed by atoms with van der Waals surface area (Å²) in [5.41, 5.74) is 2.89. The fourth-order valence-corrected chi connectivity index (χ4v) is 4.57. The molecule has 32 heavy (non-hydrogen) atoms. The number of Topliss-reactive ketones (excluding diaryl/α,β-unsaturated/α-hetero) is 1. The number of pyridine rings is 1. The largest absolute Gasteiger partial charge is 0.454 e. The zero-order chi connectivity index (χ0) is 22.4. The highest BCUT2D eigenvalue weighted by Crippen LogP contribution is 2.34. The maximum Gasteiger partial charge on any atom is 0.339 e. The Morgan fingerprint density at radius 3 is 2.69 bits per heavy atom. The number of aromatic nitrogens is 2. The van der Waals surface area contributed by atoms with E-state index in [1.54, 1.807) is 42.5 Å². The maximum atomic E-state index is 13.0. The zero-order valence-electron chi connectivity index (χ0n) is 17.6. The first-order chi connectivity index (χ1) is 15.4. The summed E-state index contributed by atoms with van der Waals surface area (Å²) in [5, 5.41) is 4.41. The van der Waals surface area contributed by atoms with Crippen LogP contribution in [0.5, 0.6) is 11.5 Å². The van der Waals surface area contributed by atoms with Gasteiger partial charge in [-0.05, 0) is 51.1 Å². The number of fused-ring (bicyclic) bond motifs is 2. The lowest BCUT2D eigenvalue weighted by molar-refractivity contribution is 0.0476. The van der Waals surface area contributed by atoms with Gasteiger partial charge >= 0.3 is 5.97 Å². The highest BCUT2D eigenvalue weighted by molar-refractivity contribution is 7.12. The van der Waals surface area contributed by atoms with Gasteiger partial charge in [-0.3, -0.25) is 4.79 Å². The van der Waals surface area contributed by atoms with E-state index in [1.807, 2.05) is 19.9 Å². The molecule has 4 heterocycles. The Kier molecular flexibility index (Phi) is 4.90. The van der Waals surface area contributed by atoms with Crippen molar-refractivity contribution in [3.05, 3.63) is 56.9 Å². The lowest BCUT2D eigenvalue weighted by Crippen LogP contribution is -2.15. The summed E-state index contributed by atoms with van der Waals surface area (Å²) >= 11 is 1.64. The highest BCUT2D eigenvalue weighted by atomic mass is 32.1. The van der Waals surface area contributed by atoms with Crippen LogP contribution in [0.1, 0.15) is 36.2 Å². The molecule has 8 nitrogen and oxygen atoms in total. The number of hydrogen-bond acceptors (Lipinski definition) is 9. The summed E-state index contributed by atoms with van der Waals surface area (Å²) in [4.78, 5) is 32.3. The monoisotopic (exact) mass is 450 g/mol. The summed E-state index contributed by atoms with van der Waals surface area (Å²) in [7, 11) is 0. The summed E-state index contributed by atoms with van der Waals surface area (Å²) in [5.74, 6) is 0.0634. The lowest BCUT2D eigenvalue weighted by atomic mass is 10.1. The molecule has 0 atom stereocenters. The van der Waals surface area contributed by atoms with Gasteiger partial charge in [0.2, 0.25) is 6.79 Å². The van der Waals surface area contributed by atoms with Crippen molar-refractivity contribution in [2.45, 2.75) is 20.8 Å². The quantitative estimate of drug-likeness (QED) is 0.320. The molecule has 0 amide bonds.